The molecule has 0 saturated carbocycles. The summed E-state index contributed by atoms with van der Waals surface area (Å²) in [5.74, 6) is -0.275. The lowest BCUT2D eigenvalue weighted by Gasteiger charge is -2.09. The highest BCUT2D eigenvalue weighted by Gasteiger charge is 2.09. The Morgan fingerprint density at radius 3 is 2.11 bits per heavy atom. The Morgan fingerprint density at radius 1 is 0.944 bits per heavy atom. The molecule has 1 nitrogen and oxygen atoms in total. The number of hydrogen-bond acceptors (Lipinski definition) is 1. The average Bonchev–Trinajstić information content (AvgIpc) is 2.30. The quantitative estimate of drug-likeness (QED) is 0.728. The van der Waals surface area contributed by atoms with Gasteiger partial charge in [-0.25, -0.2) is 4.39 Å². The fraction of sp³-hybridized carbons (Fsp3) is 0.188. The first-order valence-corrected chi connectivity index (χ1v) is 5.80. The highest BCUT2D eigenvalue weighted by molar-refractivity contribution is 5.72. The summed E-state index contributed by atoms with van der Waals surface area (Å²) in [4.78, 5) is 0. The zero-order chi connectivity index (χ0) is 13.3. The summed E-state index contributed by atoms with van der Waals surface area (Å²) >= 11 is 0. The largest absolute Gasteiger partial charge is 0.207 e. The van der Waals surface area contributed by atoms with Crippen molar-refractivity contribution in [3.8, 4) is 17.2 Å². The summed E-state index contributed by atoms with van der Waals surface area (Å²) in [6, 6.07) is 11.2. The van der Waals surface area contributed by atoms with E-state index in [-0.39, 0.29) is 5.82 Å². The van der Waals surface area contributed by atoms with Gasteiger partial charge in [0.15, 0.2) is 0 Å². The number of halogens is 1. The van der Waals surface area contributed by atoms with Crippen molar-refractivity contribution < 1.29 is 4.39 Å². The number of benzene rings is 2. The van der Waals surface area contributed by atoms with Gasteiger partial charge in [0.25, 0.3) is 0 Å². The lowest BCUT2D eigenvalue weighted by Crippen LogP contribution is -1.91. The van der Waals surface area contributed by atoms with Gasteiger partial charge in [-0.3, -0.25) is 0 Å². The molecule has 0 heterocycles. The van der Waals surface area contributed by atoms with E-state index < -0.39 is 0 Å². The predicted octanol–water partition coefficient (Wildman–Crippen LogP) is 4.29. The molecule has 18 heavy (non-hydrogen) atoms. The second-order valence-electron chi connectivity index (χ2n) is 4.64. The maximum absolute atomic E-state index is 13.7. The van der Waals surface area contributed by atoms with E-state index in [2.05, 4.69) is 12.1 Å². The highest BCUT2D eigenvalue weighted by atomic mass is 19.1. The van der Waals surface area contributed by atoms with Crippen LogP contribution >= 0.6 is 0 Å². The second kappa shape index (κ2) is 4.62. The summed E-state index contributed by atoms with van der Waals surface area (Å²) in [6.07, 6.45) is 0. The predicted molar refractivity (Wildman–Crippen MR) is 70.8 cm³/mol. The van der Waals surface area contributed by atoms with Crippen molar-refractivity contribution in [1.82, 2.24) is 0 Å². The first kappa shape index (κ1) is 12.3. The third-order valence-corrected chi connectivity index (χ3v) is 2.95. The summed E-state index contributed by atoms with van der Waals surface area (Å²) in [6.45, 7) is 5.65. The average molecular weight is 239 g/mol. The molecule has 0 aliphatic heterocycles. The molecule has 90 valence electrons. The lowest BCUT2D eigenvalue weighted by molar-refractivity contribution is 0.619. The molecule has 2 rings (SSSR count). The molecule has 2 aromatic carbocycles. The topological polar surface area (TPSA) is 23.8 Å². The van der Waals surface area contributed by atoms with Crippen LogP contribution in [0.25, 0.3) is 11.1 Å². The first-order valence-electron chi connectivity index (χ1n) is 5.80. The summed E-state index contributed by atoms with van der Waals surface area (Å²) in [7, 11) is 0. The molecular weight excluding hydrogens is 225 g/mol. The molecular formula is C16H14FN. The van der Waals surface area contributed by atoms with Crippen molar-refractivity contribution in [3.63, 3.8) is 0 Å². The summed E-state index contributed by atoms with van der Waals surface area (Å²) in [5.41, 5.74) is 4.78. The summed E-state index contributed by atoms with van der Waals surface area (Å²) in [5, 5.41) is 9.16. The number of nitrogens with zero attached hydrogens (tertiary/aromatic N) is 1. The van der Waals surface area contributed by atoms with E-state index in [0.717, 1.165) is 16.7 Å². The van der Waals surface area contributed by atoms with E-state index in [9.17, 15) is 4.39 Å². The third kappa shape index (κ3) is 2.26. The zero-order valence-electron chi connectivity index (χ0n) is 10.7. The molecule has 0 saturated heterocycles. The van der Waals surface area contributed by atoms with Crippen LogP contribution in [-0.2, 0) is 0 Å². The fourth-order valence-electron chi connectivity index (χ4n) is 2.14. The number of hydrogen-bond donors (Lipinski definition) is 0. The molecule has 0 amide bonds. The van der Waals surface area contributed by atoms with Gasteiger partial charge in [0.05, 0.1) is 11.6 Å². The molecule has 0 atom stereocenters. The Balaban J connectivity index is 2.70. The van der Waals surface area contributed by atoms with Crippen LogP contribution in [0, 0.1) is 37.9 Å². The van der Waals surface area contributed by atoms with Gasteiger partial charge in [-0.2, -0.15) is 5.26 Å². The van der Waals surface area contributed by atoms with Crippen LogP contribution in [0.1, 0.15) is 22.3 Å². The maximum Gasteiger partial charge on any atom is 0.126 e. The van der Waals surface area contributed by atoms with Gasteiger partial charge in [-0.1, -0.05) is 29.3 Å². The van der Waals surface area contributed by atoms with Crippen LogP contribution in [0.15, 0.2) is 30.3 Å². The van der Waals surface area contributed by atoms with Crippen molar-refractivity contribution >= 4 is 0 Å². The van der Waals surface area contributed by atoms with Crippen LogP contribution in [0.3, 0.4) is 0 Å². The molecule has 0 unspecified atom stereocenters. The first-order chi connectivity index (χ1) is 8.51. The monoisotopic (exact) mass is 239 g/mol. The van der Waals surface area contributed by atoms with E-state index >= 15 is 0 Å². The number of rotatable bonds is 1. The molecule has 0 aliphatic rings. The van der Waals surface area contributed by atoms with E-state index in [4.69, 9.17) is 5.26 Å². The molecule has 0 aliphatic carbocycles. The Labute approximate surface area is 107 Å². The van der Waals surface area contributed by atoms with Gasteiger partial charge in [-0.15, -0.1) is 0 Å². The van der Waals surface area contributed by atoms with Crippen LogP contribution in [0.5, 0.6) is 0 Å². The molecule has 2 heteroatoms. The van der Waals surface area contributed by atoms with Gasteiger partial charge >= 0.3 is 0 Å². The lowest BCUT2D eigenvalue weighted by atomic mass is 9.95. The Kier molecular flexibility index (Phi) is 3.16. The Morgan fingerprint density at radius 2 is 1.56 bits per heavy atom. The fourth-order valence-corrected chi connectivity index (χ4v) is 2.14. The minimum atomic E-state index is -0.275. The molecule has 0 spiro atoms. The third-order valence-electron chi connectivity index (χ3n) is 2.95. The Hall–Kier alpha value is -2.14. The smallest absolute Gasteiger partial charge is 0.126 e. The van der Waals surface area contributed by atoms with E-state index in [1.165, 1.54) is 6.07 Å². The van der Waals surface area contributed by atoms with Crippen molar-refractivity contribution in [3.05, 3.63) is 58.4 Å². The van der Waals surface area contributed by atoms with Crippen molar-refractivity contribution in [2.24, 2.45) is 0 Å². The van der Waals surface area contributed by atoms with Crippen molar-refractivity contribution in [2.75, 3.05) is 0 Å². The molecule has 0 aromatic heterocycles. The van der Waals surface area contributed by atoms with E-state index in [0.29, 0.717) is 16.7 Å². The standard InChI is InChI=1S/C16H14FN/c1-10-4-11(2)6-13(5-10)15-8-16(17)12(3)7-14(15)9-18/h4-8H,1-3H3. The minimum absolute atomic E-state index is 0.275. The van der Waals surface area contributed by atoms with E-state index in [1.54, 1.807) is 13.0 Å². The van der Waals surface area contributed by atoms with Crippen LogP contribution in [0.2, 0.25) is 0 Å². The van der Waals surface area contributed by atoms with Crippen LogP contribution in [-0.4, -0.2) is 0 Å². The normalized spacial score (nSPS) is 10.2. The highest BCUT2D eigenvalue weighted by Crippen LogP contribution is 2.27. The Bertz CT molecular complexity index is 631. The minimum Gasteiger partial charge on any atom is -0.207 e. The summed E-state index contributed by atoms with van der Waals surface area (Å²) < 4.78 is 13.7. The van der Waals surface area contributed by atoms with Crippen LogP contribution in [0.4, 0.5) is 4.39 Å². The zero-order valence-corrected chi connectivity index (χ0v) is 10.7. The van der Waals surface area contributed by atoms with Crippen molar-refractivity contribution in [1.29, 1.82) is 5.26 Å². The number of aryl methyl sites for hydroxylation is 3. The molecule has 0 bridgehead atoms. The molecule has 0 N–H and O–H groups in total. The van der Waals surface area contributed by atoms with Gasteiger partial charge in [0, 0.05) is 5.56 Å². The van der Waals surface area contributed by atoms with Gasteiger partial charge in [-0.05, 0) is 44.0 Å². The molecule has 2 aromatic rings. The van der Waals surface area contributed by atoms with Gasteiger partial charge in [0.1, 0.15) is 5.82 Å². The van der Waals surface area contributed by atoms with Crippen molar-refractivity contribution in [2.45, 2.75) is 20.8 Å². The second-order valence-corrected chi connectivity index (χ2v) is 4.64. The molecule has 0 fully saturated rings. The number of nitriles is 1. The van der Waals surface area contributed by atoms with E-state index in [1.807, 2.05) is 26.0 Å². The molecule has 0 radical (unpaired) electrons. The maximum atomic E-state index is 13.7. The SMILES string of the molecule is Cc1cc(C)cc(-c2cc(F)c(C)cc2C#N)c1. The van der Waals surface area contributed by atoms with Gasteiger partial charge < -0.3 is 0 Å². The van der Waals surface area contributed by atoms with Crippen LogP contribution < -0.4 is 0 Å². The van der Waals surface area contributed by atoms with Gasteiger partial charge in [0.2, 0.25) is 0 Å².